The summed E-state index contributed by atoms with van der Waals surface area (Å²) in [6, 6.07) is 0.300. The Morgan fingerprint density at radius 2 is 1.39 bits per heavy atom. The Bertz CT molecular complexity index is 422. The lowest BCUT2D eigenvalue weighted by molar-refractivity contribution is -0.0811. The molecule has 0 aromatic carbocycles. The van der Waals surface area contributed by atoms with Gasteiger partial charge in [0.15, 0.2) is 0 Å². The molecule has 3 nitrogen and oxygen atoms in total. The van der Waals surface area contributed by atoms with E-state index >= 15 is 0 Å². The van der Waals surface area contributed by atoms with E-state index < -0.39 is 0 Å². The normalized spacial score (nSPS) is 41.4. The fraction of sp³-hybridized carbons (Fsp3) is 1.00. The van der Waals surface area contributed by atoms with Crippen LogP contribution < -0.4 is 0 Å². The molecule has 3 rings (SSSR count). The van der Waals surface area contributed by atoms with Gasteiger partial charge in [0.25, 0.3) is 0 Å². The average molecular weight is 392 g/mol. The predicted octanol–water partition coefficient (Wildman–Crippen LogP) is 5.10. The van der Waals surface area contributed by atoms with Crippen LogP contribution in [0.25, 0.3) is 0 Å². The highest BCUT2D eigenvalue weighted by molar-refractivity contribution is 6.11. The smallest absolute Gasteiger partial charge is 0.139 e. The van der Waals surface area contributed by atoms with Gasteiger partial charge in [-0.05, 0) is 37.0 Å². The summed E-state index contributed by atoms with van der Waals surface area (Å²) < 4.78 is 17.9. The molecule has 0 aromatic heterocycles. The van der Waals surface area contributed by atoms with Gasteiger partial charge in [0.05, 0.1) is 18.8 Å². The standard InChI is InChI=1S/C24H45BO3/c1-18-8-3-4-10-19(11-5-9-18)20-12-6-14-21(15-7-13-20)27-22-16-24(25)28-23(22)17-26-2/h18-24H,3-17,25H2,1-2H3/t18?,19?,20?,21?,22?,23-,24-/m1/s1. The molecule has 0 spiro atoms. The molecule has 0 bridgehead atoms. The molecule has 3 unspecified atom stereocenters. The van der Waals surface area contributed by atoms with Crippen molar-refractivity contribution in [1.29, 1.82) is 0 Å². The zero-order chi connectivity index (χ0) is 19.8. The van der Waals surface area contributed by atoms with Gasteiger partial charge in [0.1, 0.15) is 14.0 Å². The van der Waals surface area contributed by atoms with Crippen LogP contribution in [0.15, 0.2) is 0 Å². The molecule has 1 heterocycles. The zero-order valence-electron chi connectivity index (χ0n) is 18.9. The van der Waals surface area contributed by atoms with E-state index in [0.29, 0.717) is 18.7 Å². The Morgan fingerprint density at radius 3 is 2.07 bits per heavy atom. The van der Waals surface area contributed by atoms with Crippen LogP contribution in [0.1, 0.15) is 96.8 Å². The minimum absolute atomic E-state index is 0.124. The third-order valence-corrected chi connectivity index (χ3v) is 7.75. The van der Waals surface area contributed by atoms with Crippen molar-refractivity contribution in [2.45, 2.75) is 121 Å². The lowest BCUT2D eigenvalue weighted by Gasteiger charge is -2.32. The van der Waals surface area contributed by atoms with E-state index in [9.17, 15) is 0 Å². The van der Waals surface area contributed by atoms with Crippen LogP contribution in [0.4, 0.5) is 0 Å². The molecule has 3 fully saturated rings. The van der Waals surface area contributed by atoms with Gasteiger partial charge in [0.2, 0.25) is 0 Å². The monoisotopic (exact) mass is 392 g/mol. The van der Waals surface area contributed by atoms with Crippen molar-refractivity contribution in [3.63, 3.8) is 0 Å². The van der Waals surface area contributed by atoms with Crippen LogP contribution in [0.5, 0.6) is 0 Å². The van der Waals surface area contributed by atoms with Crippen molar-refractivity contribution in [1.82, 2.24) is 0 Å². The van der Waals surface area contributed by atoms with E-state index in [1.807, 2.05) is 0 Å². The predicted molar refractivity (Wildman–Crippen MR) is 119 cm³/mol. The fourth-order valence-corrected chi connectivity index (χ4v) is 6.12. The zero-order valence-corrected chi connectivity index (χ0v) is 18.9. The average Bonchev–Trinajstić information content (AvgIpc) is 3.03. The molecule has 1 aliphatic heterocycles. The fourth-order valence-electron chi connectivity index (χ4n) is 6.12. The van der Waals surface area contributed by atoms with E-state index in [4.69, 9.17) is 14.2 Å². The second-order valence-corrected chi connectivity index (χ2v) is 10.2. The Kier molecular flexibility index (Phi) is 9.66. The molecule has 0 aromatic rings. The molecular weight excluding hydrogens is 347 g/mol. The second kappa shape index (κ2) is 12.0. The summed E-state index contributed by atoms with van der Waals surface area (Å²) in [5.41, 5.74) is 0. The SMILES string of the molecule is B[C@H]1CC(OC2CCCC(C3CCCCC(C)CCC3)CCC2)[C@@H](COC)O1. The largest absolute Gasteiger partial charge is 0.382 e. The van der Waals surface area contributed by atoms with Crippen molar-refractivity contribution in [3.8, 4) is 0 Å². The van der Waals surface area contributed by atoms with Gasteiger partial charge in [-0.25, -0.2) is 0 Å². The van der Waals surface area contributed by atoms with Gasteiger partial charge < -0.3 is 14.2 Å². The first-order valence-electron chi connectivity index (χ1n) is 12.5. The first-order valence-corrected chi connectivity index (χ1v) is 12.5. The van der Waals surface area contributed by atoms with Crippen LogP contribution >= 0.6 is 0 Å². The summed E-state index contributed by atoms with van der Waals surface area (Å²) in [5, 5.41) is 0. The molecule has 2 saturated carbocycles. The van der Waals surface area contributed by atoms with E-state index in [0.717, 1.165) is 24.2 Å². The molecule has 162 valence electrons. The summed E-state index contributed by atoms with van der Waals surface area (Å²) >= 11 is 0. The third kappa shape index (κ3) is 7.02. The molecule has 4 heteroatoms. The van der Waals surface area contributed by atoms with Crippen LogP contribution in [0, 0.1) is 17.8 Å². The summed E-state index contributed by atoms with van der Waals surface area (Å²) in [6.45, 7) is 3.12. The van der Waals surface area contributed by atoms with Crippen molar-refractivity contribution in [2.24, 2.45) is 17.8 Å². The van der Waals surface area contributed by atoms with Crippen molar-refractivity contribution >= 4 is 7.85 Å². The molecule has 1 saturated heterocycles. The van der Waals surface area contributed by atoms with Gasteiger partial charge >= 0.3 is 0 Å². The number of rotatable bonds is 5. The highest BCUT2D eigenvalue weighted by Crippen LogP contribution is 2.37. The Labute approximate surface area is 175 Å². The molecule has 0 amide bonds. The first kappa shape index (κ1) is 22.6. The number of methoxy groups -OCH3 is 1. The van der Waals surface area contributed by atoms with Crippen LogP contribution in [0.2, 0.25) is 0 Å². The highest BCUT2D eigenvalue weighted by Gasteiger charge is 2.35. The molecule has 5 atom stereocenters. The molecular formula is C24H45BO3. The highest BCUT2D eigenvalue weighted by atomic mass is 16.6. The van der Waals surface area contributed by atoms with Gasteiger partial charge in [-0.2, -0.15) is 0 Å². The van der Waals surface area contributed by atoms with Crippen molar-refractivity contribution in [3.05, 3.63) is 0 Å². The molecule has 0 radical (unpaired) electrons. The Morgan fingerprint density at radius 1 is 0.821 bits per heavy atom. The second-order valence-electron chi connectivity index (χ2n) is 10.2. The van der Waals surface area contributed by atoms with E-state index in [-0.39, 0.29) is 12.2 Å². The van der Waals surface area contributed by atoms with Gasteiger partial charge in [-0.15, -0.1) is 0 Å². The quantitative estimate of drug-likeness (QED) is 0.609. The van der Waals surface area contributed by atoms with Gasteiger partial charge in [0, 0.05) is 13.1 Å². The topological polar surface area (TPSA) is 27.7 Å². The summed E-state index contributed by atoms with van der Waals surface area (Å²) in [4.78, 5) is 0. The van der Waals surface area contributed by atoms with Gasteiger partial charge in [-0.3, -0.25) is 0 Å². The molecule has 28 heavy (non-hydrogen) atoms. The van der Waals surface area contributed by atoms with Crippen LogP contribution in [-0.2, 0) is 14.2 Å². The van der Waals surface area contributed by atoms with Gasteiger partial charge in [-0.1, -0.05) is 77.6 Å². The van der Waals surface area contributed by atoms with Crippen molar-refractivity contribution < 1.29 is 14.2 Å². The molecule has 2 aliphatic carbocycles. The molecule has 0 N–H and O–H groups in total. The lowest BCUT2D eigenvalue weighted by Crippen LogP contribution is -2.33. The minimum atomic E-state index is 0.124. The van der Waals surface area contributed by atoms with Crippen LogP contribution in [0.3, 0.4) is 0 Å². The van der Waals surface area contributed by atoms with E-state index in [1.54, 1.807) is 7.11 Å². The number of hydrogen-bond acceptors (Lipinski definition) is 3. The number of hydrogen-bond donors (Lipinski definition) is 0. The Hall–Kier alpha value is -0.0551. The summed E-state index contributed by atoms with van der Waals surface area (Å²) in [6.07, 6.45) is 20.2. The summed E-state index contributed by atoms with van der Waals surface area (Å²) in [7, 11) is 3.92. The van der Waals surface area contributed by atoms with E-state index in [1.165, 1.54) is 83.5 Å². The van der Waals surface area contributed by atoms with E-state index in [2.05, 4.69) is 14.8 Å². The van der Waals surface area contributed by atoms with Crippen LogP contribution in [-0.4, -0.2) is 45.9 Å². The summed E-state index contributed by atoms with van der Waals surface area (Å²) in [5.74, 6) is 2.93. The third-order valence-electron chi connectivity index (χ3n) is 7.75. The van der Waals surface area contributed by atoms with Crippen molar-refractivity contribution in [2.75, 3.05) is 13.7 Å². The first-order chi connectivity index (χ1) is 13.7. The molecule has 3 aliphatic rings. The minimum Gasteiger partial charge on any atom is -0.382 e. The Balaban J connectivity index is 1.44. The number of ether oxygens (including phenoxy) is 3. The maximum atomic E-state index is 6.56. The lowest BCUT2D eigenvalue weighted by atomic mass is 9.77. The maximum absolute atomic E-state index is 6.56. The maximum Gasteiger partial charge on any atom is 0.139 e.